The topological polar surface area (TPSA) is 3.24 Å². The minimum Gasteiger partial charge on any atom is -0.305 e. The van der Waals surface area contributed by atoms with Crippen LogP contribution in [0.1, 0.15) is 33.7 Å². The Balaban J connectivity index is 0.00000210. The number of hydrogen-bond donors (Lipinski definition) is 0. The zero-order valence-corrected chi connectivity index (χ0v) is 17.0. The minimum atomic E-state index is 0. The number of likely N-dealkylation sites (N-methyl/N-ethyl adjacent to an activating group) is 1. The fraction of sp³-hybridized carbons (Fsp3) is 0.280. The highest BCUT2D eigenvalue weighted by Gasteiger charge is 2.33. The van der Waals surface area contributed by atoms with Gasteiger partial charge in [-0.3, -0.25) is 0 Å². The molecule has 0 unspecified atom stereocenters. The molecule has 27 heavy (non-hydrogen) atoms. The molecule has 1 nitrogen and oxygen atoms in total. The average molecular weight is 378 g/mol. The third-order valence-electron chi connectivity index (χ3n) is 5.74. The normalized spacial score (nSPS) is 18.2. The van der Waals surface area contributed by atoms with Crippen molar-refractivity contribution in [3.8, 4) is 0 Å². The van der Waals surface area contributed by atoms with E-state index in [0.29, 0.717) is 12.0 Å². The van der Waals surface area contributed by atoms with Gasteiger partial charge in [0.2, 0.25) is 0 Å². The Morgan fingerprint density at radius 3 is 2.04 bits per heavy atom. The molecule has 0 aromatic heterocycles. The lowest BCUT2D eigenvalue weighted by Crippen LogP contribution is -2.32. The molecule has 4 rings (SSSR count). The van der Waals surface area contributed by atoms with Crippen molar-refractivity contribution in [2.75, 3.05) is 14.1 Å². The van der Waals surface area contributed by atoms with Crippen LogP contribution in [-0.4, -0.2) is 25.0 Å². The Hall–Kier alpha value is -2.09. The molecule has 140 valence electrons. The molecule has 0 fully saturated rings. The highest BCUT2D eigenvalue weighted by Crippen LogP contribution is 2.37. The Morgan fingerprint density at radius 2 is 1.33 bits per heavy atom. The van der Waals surface area contributed by atoms with Crippen molar-refractivity contribution in [3.63, 3.8) is 0 Å². The fourth-order valence-electron chi connectivity index (χ4n) is 4.32. The summed E-state index contributed by atoms with van der Waals surface area (Å²) in [5.41, 5.74) is 7.26. The summed E-state index contributed by atoms with van der Waals surface area (Å²) in [6.45, 7) is 0. The molecule has 0 saturated carbocycles. The van der Waals surface area contributed by atoms with Crippen LogP contribution in [0.5, 0.6) is 0 Å². The zero-order chi connectivity index (χ0) is 17.9. The number of benzene rings is 3. The summed E-state index contributed by atoms with van der Waals surface area (Å²) in [6.07, 6.45) is 3.29. The second kappa shape index (κ2) is 8.73. The monoisotopic (exact) mass is 377 g/mol. The smallest absolute Gasteiger partial charge is 0.0202 e. The third kappa shape index (κ3) is 4.43. The molecular weight excluding hydrogens is 350 g/mol. The molecule has 2 atom stereocenters. The lowest BCUT2D eigenvalue weighted by atomic mass is 9.90. The van der Waals surface area contributed by atoms with Crippen LogP contribution in [0.25, 0.3) is 0 Å². The molecule has 0 amide bonds. The van der Waals surface area contributed by atoms with Gasteiger partial charge < -0.3 is 4.90 Å². The van der Waals surface area contributed by atoms with Crippen molar-refractivity contribution >= 4 is 12.4 Å². The van der Waals surface area contributed by atoms with Gasteiger partial charge in [0.05, 0.1) is 0 Å². The van der Waals surface area contributed by atoms with Crippen LogP contribution in [0, 0.1) is 0 Å². The van der Waals surface area contributed by atoms with Gasteiger partial charge in [0.25, 0.3) is 0 Å². The summed E-state index contributed by atoms with van der Waals surface area (Å²) in [4.78, 5) is 2.40. The first kappa shape index (κ1) is 19.7. The molecule has 0 N–H and O–H groups in total. The molecule has 0 bridgehead atoms. The van der Waals surface area contributed by atoms with Crippen molar-refractivity contribution in [1.29, 1.82) is 0 Å². The van der Waals surface area contributed by atoms with E-state index in [1.165, 1.54) is 28.7 Å². The van der Waals surface area contributed by atoms with E-state index in [4.69, 9.17) is 0 Å². The van der Waals surface area contributed by atoms with Gasteiger partial charge in [-0.2, -0.15) is 0 Å². The van der Waals surface area contributed by atoms with E-state index >= 15 is 0 Å². The Labute approximate surface area is 169 Å². The van der Waals surface area contributed by atoms with Gasteiger partial charge in [0, 0.05) is 12.0 Å². The highest BCUT2D eigenvalue weighted by atomic mass is 35.5. The maximum Gasteiger partial charge on any atom is 0.0202 e. The van der Waals surface area contributed by atoms with E-state index in [9.17, 15) is 0 Å². The van der Waals surface area contributed by atoms with Crippen molar-refractivity contribution in [2.45, 2.75) is 31.2 Å². The number of halogens is 1. The van der Waals surface area contributed by atoms with Crippen LogP contribution in [0.2, 0.25) is 0 Å². The first-order valence-electron chi connectivity index (χ1n) is 9.56. The maximum absolute atomic E-state index is 2.40. The van der Waals surface area contributed by atoms with Crippen LogP contribution in [0.15, 0.2) is 78.9 Å². The lowest BCUT2D eigenvalue weighted by Gasteiger charge is -2.27. The fourth-order valence-corrected chi connectivity index (χ4v) is 4.32. The predicted molar refractivity (Wildman–Crippen MR) is 117 cm³/mol. The Bertz CT molecular complexity index is 855. The van der Waals surface area contributed by atoms with Gasteiger partial charge in [0.1, 0.15) is 0 Å². The molecular formula is C25H28ClN. The van der Waals surface area contributed by atoms with Crippen molar-refractivity contribution < 1.29 is 0 Å². The molecule has 0 heterocycles. The van der Waals surface area contributed by atoms with Crippen LogP contribution >= 0.6 is 12.4 Å². The zero-order valence-electron chi connectivity index (χ0n) is 16.1. The summed E-state index contributed by atoms with van der Waals surface area (Å²) >= 11 is 0. The second-order valence-corrected chi connectivity index (χ2v) is 7.72. The number of rotatable bonds is 5. The van der Waals surface area contributed by atoms with E-state index < -0.39 is 0 Å². The molecule has 3 aromatic carbocycles. The van der Waals surface area contributed by atoms with Gasteiger partial charge in [-0.15, -0.1) is 12.4 Å². The maximum atomic E-state index is 2.40. The Kier molecular flexibility index (Phi) is 6.36. The van der Waals surface area contributed by atoms with E-state index in [0.717, 1.165) is 12.8 Å². The third-order valence-corrected chi connectivity index (χ3v) is 5.74. The number of fused-ring (bicyclic) bond motifs is 1. The number of hydrogen-bond acceptors (Lipinski definition) is 1. The van der Waals surface area contributed by atoms with Crippen LogP contribution < -0.4 is 0 Å². The SMILES string of the molecule is CN(C)[C@@H]1Cc2ccccc2[C@H]1Cc1ccc(Cc2ccccc2)cc1.Cl. The molecule has 0 spiro atoms. The van der Waals surface area contributed by atoms with Crippen LogP contribution in [0.3, 0.4) is 0 Å². The molecule has 2 heteroatoms. The largest absolute Gasteiger partial charge is 0.305 e. The molecule has 0 aliphatic heterocycles. The highest BCUT2D eigenvalue weighted by molar-refractivity contribution is 5.85. The molecule has 0 radical (unpaired) electrons. The average Bonchev–Trinajstić information content (AvgIpc) is 3.03. The number of nitrogens with zero attached hydrogens (tertiary/aromatic N) is 1. The Morgan fingerprint density at radius 1 is 0.741 bits per heavy atom. The van der Waals surface area contributed by atoms with E-state index in [1.54, 1.807) is 5.56 Å². The standard InChI is InChI=1S/C25H27N.ClH/c1-26(2)25-18-22-10-6-7-11-23(22)24(25)17-21-14-12-20(13-15-21)16-19-8-4-3-5-9-19;/h3-15,24-25H,16-18H2,1-2H3;1H/t24-,25-;/m1./s1. The van der Waals surface area contributed by atoms with Gasteiger partial charge in [-0.1, -0.05) is 78.9 Å². The first-order valence-corrected chi connectivity index (χ1v) is 9.56. The van der Waals surface area contributed by atoms with Gasteiger partial charge in [0.15, 0.2) is 0 Å². The van der Waals surface area contributed by atoms with Crippen molar-refractivity contribution in [2.24, 2.45) is 0 Å². The van der Waals surface area contributed by atoms with Crippen LogP contribution in [0.4, 0.5) is 0 Å². The first-order chi connectivity index (χ1) is 12.7. The van der Waals surface area contributed by atoms with Crippen molar-refractivity contribution in [3.05, 3.63) is 107 Å². The molecule has 1 aliphatic rings. The van der Waals surface area contributed by atoms with Crippen LogP contribution in [-0.2, 0) is 19.3 Å². The van der Waals surface area contributed by atoms with Gasteiger partial charge >= 0.3 is 0 Å². The van der Waals surface area contributed by atoms with E-state index in [-0.39, 0.29) is 12.4 Å². The van der Waals surface area contributed by atoms with Crippen molar-refractivity contribution in [1.82, 2.24) is 4.90 Å². The minimum absolute atomic E-state index is 0. The summed E-state index contributed by atoms with van der Waals surface area (Å²) in [6, 6.07) is 29.5. The van der Waals surface area contributed by atoms with Gasteiger partial charge in [-0.05, 0) is 61.2 Å². The molecule has 0 saturated heterocycles. The van der Waals surface area contributed by atoms with E-state index in [2.05, 4.69) is 97.9 Å². The molecule has 3 aromatic rings. The predicted octanol–water partition coefficient (Wildman–Crippen LogP) is 5.51. The van der Waals surface area contributed by atoms with Gasteiger partial charge in [-0.25, -0.2) is 0 Å². The second-order valence-electron chi connectivity index (χ2n) is 7.72. The summed E-state index contributed by atoms with van der Waals surface area (Å²) < 4.78 is 0. The summed E-state index contributed by atoms with van der Waals surface area (Å²) in [7, 11) is 4.43. The summed E-state index contributed by atoms with van der Waals surface area (Å²) in [5.74, 6) is 0.584. The lowest BCUT2D eigenvalue weighted by molar-refractivity contribution is 0.265. The molecule has 1 aliphatic carbocycles. The quantitative estimate of drug-likeness (QED) is 0.566. The summed E-state index contributed by atoms with van der Waals surface area (Å²) in [5, 5.41) is 0. The van der Waals surface area contributed by atoms with E-state index in [1.807, 2.05) is 0 Å².